The largest absolute Gasteiger partial charge is 0.388 e. The van der Waals surface area contributed by atoms with Crippen molar-refractivity contribution < 1.29 is 17.9 Å². The van der Waals surface area contributed by atoms with Crippen LogP contribution in [0.4, 0.5) is 4.39 Å². The van der Waals surface area contributed by atoms with Gasteiger partial charge in [0.25, 0.3) is 0 Å². The molecule has 0 aliphatic carbocycles. The van der Waals surface area contributed by atoms with E-state index in [1.165, 1.54) is 24.3 Å². The zero-order valence-corrected chi connectivity index (χ0v) is 12.8. The van der Waals surface area contributed by atoms with Gasteiger partial charge in [-0.2, -0.15) is 0 Å². The molecule has 0 bridgehead atoms. The first-order valence-electron chi connectivity index (χ1n) is 6.20. The van der Waals surface area contributed by atoms with E-state index in [0.29, 0.717) is 11.1 Å². The van der Waals surface area contributed by atoms with E-state index in [-0.39, 0.29) is 16.3 Å². The Morgan fingerprint density at radius 1 is 1.24 bits per heavy atom. The summed E-state index contributed by atoms with van der Waals surface area (Å²) in [4.78, 5) is 0.129. The predicted octanol–water partition coefficient (Wildman–Crippen LogP) is 3.16. The van der Waals surface area contributed by atoms with Gasteiger partial charge in [0.2, 0.25) is 0 Å². The number of hydrogen-bond acceptors (Lipinski definition) is 3. The summed E-state index contributed by atoms with van der Waals surface area (Å²) < 4.78 is 36.4. The molecule has 2 aromatic rings. The van der Waals surface area contributed by atoms with Gasteiger partial charge in [0.05, 0.1) is 16.0 Å². The SMILES string of the molecule is CS(=O)(=O)c1cccc(C(O)Cc2cccc(F)c2Cl)c1. The van der Waals surface area contributed by atoms with E-state index < -0.39 is 21.8 Å². The van der Waals surface area contributed by atoms with E-state index >= 15 is 0 Å². The summed E-state index contributed by atoms with van der Waals surface area (Å²) >= 11 is 5.85. The normalized spacial score (nSPS) is 13.1. The van der Waals surface area contributed by atoms with Gasteiger partial charge in [-0.25, -0.2) is 12.8 Å². The summed E-state index contributed by atoms with van der Waals surface area (Å²) in [5, 5.41) is 10.2. The van der Waals surface area contributed by atoms with Gasteiger partial charge in [-0.1, -0.05) is 35.9 Å². The minimum atomic E-state index is -3.34. The standard InChI is InChI=1S/C15H14ClFO3S/c1-21(19,20)12-6-2-4-10(8-12)14(18)9-11-5-3-7-13(17)15(11)16/h2-8,14,18H,9H2,1H3. The average Bonchev–Trinajstić information content (AvgIpc) is 2.43. The van der Waals surface area contributed by atoms with Gasteiger partial charge in [-0.05, 0) is 29.3 Å². The smallest absolute Gasteiger partial charge is 0.175 e. The molecule has 0 aliphatic rings. The van der Waals surface area contributed by atoms with E-state index in [0.717, 1.165) is 6.26 Å². The molecule has 0 saturated carbocycles. The third-order valence-corrected chi connectivity index (χ3v) is 4.65. The molecule has 0 radical (unpaired) electrons. The number of aliphatic hydroxyl groups excluding tert-OH is 1. The molecule has 2 aromatic carbocycles. The number of benzene rings is 2. The van der Waals surface area contributed by atoms with Gasteiger partial charge in [-0.15, -0.1) is 0 Å². The molecule has 112 valence electrons. The van der Waals surface area contributed by atoms with E-state index in [9.17, 15) is 17.9 Å². The van der Waals surface area contributed by atoms with Crippen LogP contribution in [0.15, 0.2) is 47.4 Å². The molecular weight excluding hydrogens is 315 g/mol. The topological polar surface area (TPSA) is 54.4 Å². The van der Waals surface area contributed by atoms with Gasteiger partial charge in [-0.3, -0.25) is 0 Å². The Bertz CT molecular complexity index is 759. The molecule has 1 unspecified atom stereocenters. The van der Waals surface area contributed by atoms with E-state index in [4.69, 9.17) is 11.6 Å². The Kier molecular flexibility index (Phi) is 4.66. The van der Waals surface area contributed by atoms with Gasteiger partial charge in [0, 0.05) is 12.7 Å². The molecule has 0 spiro atoms. The highest BCUT2D eigenvalue weighted by atomic mass is 35.5. The Morgan fingerprint density at radius 3 is 2.57 bits per heavy atom. The lowest BCUT2D eigenvalue weighted by atomic mass is 10.0. The van der Waals surface area contributed by atoms with Crippen molar-refractivity contribution in [3.63, 3.8) is 0 Å². The maximum Gasteiger partial charge on any atom is 0.175 e. The molecule has 1 atom stereocenters. The number of halogens is 2. The maximum absolute atomic E-state index is 13.4. The predicted molar refractivity (Wildman–Crippen MR) is 79.6 cm³/mol. The quantitative estimate of drug-likeness (QED) is 0.938. The fraction of sp³-hybridized carbons (Fsp3) is 0.200. The lowest BCUT2D eigenvalue weighted by molar-refractivity contribution is 0.178. The van der Waals surface area contributed by atoms with Gasteiger partial charge >= 0.3 is 0 Å². The molecular formula is C15H14ClFO3S. The van der Waals surface area contributed by atoms with Crippen LogP contribution in [0.3, 0.4) is 0 Å². The Hall–Kier alpha value is -1.43. The van der Waals surface area contributed by atoms with Crippen molar-refractivity contribution in [3.8, 4) is 0 Å². The van der Waals surface area contributed by atoms with E-state index in [1.807, 2.05) is 0 Å². The minimum absolute atomic E-state index is 0.0317. The molecule has 0 saturated heterocycles. The van der Waals surface area contributed by atoms with Gasteiger partial charge < -0.3 is 5.11 Å². The van der Waals surface area contributed by atoms with Gasteiger partial charge in [0.15, 0.2) is 9.84 Å². The number of rotatable bonds is 4. The van der Waals surface area contributed by atoms with Crippen molar-refractivity contribution in [2.45, 2.75) is 17.4 Å². The summed E-state index contributed by atoms with van der Waals surface area (Å²) in [5.74, 6) is -0.550. The van der Waals surface area contributed by atoms with Gasteiger partial charge in [0.1, 0.15) is 5.82 Å². The van der Waals surface area contributed by atoms with Crippen LogP contribution in [0.2, 0.25) is 5.02 Å². The van der Waals surface area contributed by atoms with Crippen molar-refractivity contribution in [2.75, 3.05) is 6.26 Å². The Morgan fingerprint density at radius 2 is 1.90 bits per heavy atom. The monoisotopic (exact) mass is 328 g/mol. The molecule has 1 N–H and O–H groups in total. The summed E-state index contributed by atoms with van der Waals surface area (Å²) in [6.45, 7) is 0. The summed E-state index contributed by atoms with van der Waals surface area (Å²) in [6.07, 6.45) is 0.233. The first kappa shape index (κ1) is 15.9. The molecule has 0 amide bonds. The summed E-state index contributed by atoms with van der Waals surface area (Å²) in [6, 6.07) is 10.4. The maximum atomic E-state index is 13.4. The second-order valence-electron chi connectivity index (χ2n) is 4.78. The van der Waals surface area contributed by atoms with Crippen LogP contribution >= 0.6 is 11.6 Å². The van der Waals surface area contributed by atoms with E-state index in [2.05, 4.69) is 0 Å². The minimum Gasteiger partial charge on any atom is -0.388 e. The third kappa shape index (κ3) is 3.81. The zero-order chi connectivity index (χ0) is 15.6. The molecule has 0 aliphatic heterocycles. The van der Waals surface area contributed by atoms with Crippen LogP contribution in [0.5, 0.6) is 0 Å². The van der Waals surface area contributed by atoms with Crippen molar-refractivity contribution in [1.29, 1.82) is 0 Å². The van der Waals surface area contributed by atoms with Crippen LogP contribution in [0, 0.1) is 5.82 Å². The second-order valence-corrected chi connectivity index (χ2v) is 7.17. The van der Waals surface area contributed by atoms with E-state index in [1.54, 1.807) is 18.2 Å². The number of hydrogen-bond donors (Lipinski definition) is 1. The zero-order valence-electron chi connectivity index (χ0n) is 11.3. The van der Waals surface area contributed by atoms with Crippen molar-refractivity contribution in [1.82, 2.24) is 0 Å². The average molecular weight is 329 g/mol. The lowest BCUT2D eigenvalue weighted by Gasteiger charge is -2.13. The first-order chi connectivity index (χ1) is 9.79. The molecule has 2 rings (SSSR count). The summed E-state index contributed by atoms with van der Waals surface area (Å²) in [7, 11) is -3.34. The summed E-state index contributed by atoms with van der Waals surface area (Å²) in [5.41, 5.74) is 0.909. The molecule has 0 heterocycles. The highest BCUT2D eigenvalue weighted by Gasteiger charge is 2.15. The molecule has 0 aromatic heterocycles. The van der Waals surface area contributed by atoms with Crippen molar-refractivity contribution in [2.24, 2.45) is 0 Å². The molecule has 21 heavy (non-hydrogen) atoms. The van der Waals surface area contributed by atoms with Crippen molar-refractivity contribution in [3.05, 3.63) is 64.4 Å². The molecule has 0 fully saturated rings. The van der Waals surface area contributed by atoms with Crippen molar-refractivity contribution >= 4 is 21.4 Å². The third-order valence-electron chi connectivity index (χ3n) is 3.12. The number of aliphatic hydroxyl groups is 1. The number of sulfone groups is 1. The Balaban J connectivity index is 2.29. The fourth-order valence-corrected chi connectivity index (χ4v) is 2.86. The highest BCUT2D eigenvalue weighted by Crippen LogP contribution is 2.26. The van der Waals surface area contributed by atoms with Crippen LogP contribution in [0.25, 0.3) is 0 Å². The Labute approximate surface area is 127 Å². The highest BCUT2D eigenvalue weighted by molar-refractivity contribution is 7.90. The molecule has 6 heteroatoms. The lowest BCUT2D eigenvalue weighted by Crippen LogP contribution is -2.05. The molecule has 3 nitrogen and oxygen atoms in total. The van der Waals surface area contributed by atoms with Crippen LogP contribution in [0.1, 0.15) is 17.2 Å². The fourth-order valence-electron chi connectivity index (χ4n) is 1.98. The van der Waals surface area contributed by atoms with Crippen LogP contribution < -0.4 is 0 Å². The first-order valence-corrected chi connectivity index (χ1v) is 8.47. The second kappa shape index (κ2) is 6.13. The van der Waals surface area contributed by atoms with Crippen LogP contribution in [-0.2, 0) is 16.3 Å². The van der Waals surface area contributed by atoms with Crippen LogP contribution in [-0.4, -0.2) is 19.8 Å².